The molecule has 0 spiro atoms. The third-order valence-electron chi connectivity index (χ3n) is 7.43. The molecule has 0 bridgehead atoms. The Kier molecular flexibility index (Phi) is 5.82. The number of nitrogens with one attached hydrogen (secondary N) is 1. The number of fused-ring (bicyclic) bond motifs is 1. The zero-order valence-electron chi connectivity index (χ0n) is 20.9. The molecule has 1 saturated heterocycles. The van der Waals surface area contributed by atoms with E-state index in [1.165, 1.54) is 0 Å². The minimum atomic E-state index is -0.522. The van der Waals surface area contributed by atoms with E-state index in [-0.39, 0.29) is 11.9 Å². The van der Waals surface area contributed by atoms with E-state index in [4.69, 9.17) is 9.72 Å². The molecule has 3 fully saturated rings. The van der Waals surface area contributed by atoms with Crippen LogP contribution >= 0.6 is 11.3 Å². The second kappa shape index (κ2) is 9.03. The van der Waals surface area contributed by atoms with Crippen molar-refractivity contribution in [3.63, 3.8) is 0 Å². The van der Waals surface area contributed by atoms with E-state index in [9.17, 15) is 9.59 Å². The molecule has 2 aliphatic carbocycles. The van der Waals surface area contributed by atoms with Gasteiger partial charge in [-0.05, 0) is 57.4 Å². The molecule has 0 radical (unpaired) electrons. The van der Waals surface area contributed by atoms with Crippen LogP contribution in [0.4, 0.5) is 4.79 Å². The topological polar surface area (TPSA) is 89.4 Å². The van der Waals surface area contributed by atoms with E-state index in [0.29, 0.717) is 42.4 Å². The number of carbonyl (C=O) groups excluding carboxylic acids is 2. The zero-order valence-corrected chi connectivity index (χ0v) is 21.7. The summed E-state index contributed by atoms with van der Waals surface area (Å²) in [5.41, 5.74) is 3.57. The van der Waals surface area contributed by atoms with Crippen LogP contribution in [0, 0.1) is 25.7 Å². The third-order valence-corrected chi connectivity index (χ3v) is 8.70. The number of rotatable bonds is 7. The van der Waals surface area contributed by atoms with E-state index in [2.05, 4.69) is 35.5 Å². The minimum Gasteiger partial charge on any atom is -0.392 e. The number of aryl methyl sites for hydroxylation is 3. The number of carbonyl (C=O) groups is 2. The predicted octanol–water partition coefficient (Wildman–Crippen LogP) is 4.77. The highest BCUT2D eigenvalue weighted by Crippen LogP contribution is 2.50. The first kappa shape index (κ1) is 23.2. The molecule has 2 saturated carbocycles. The smallest absolute Gasteiger partial charge is 0.392 e. The lowest BCUT2D eigenvalue weighted by atomic mass is 10.1. The molecule has 8 nitrogen and oxygen atoms in total. The summed E-state index contributed by atoms with van der Waals surface area (Å²) in [4.78, 5) is 34.2. The van der Waals surface area contributed by atoms with Gasteiger partial charge in [0.1, 0.15) is 5.69 Å². The van der Waals surface area contributed by atoms with Gasteiger partial charge in [-0.2, -0.15) is 5.10 Å². The molecule has 3 aliphatic rings. The lowest BCUT2D eigenvalue weighted by Crippen LogP contribution is -2.46. The van der Waals surface area contributed by atoms with Crippen molar-refractivity contribution in [3.05, 3.63) is 52.3 Å². The van der Waals surface area contributed by atoms with Gasteiger partial charge >= 0.3 is 6.09 Å². The van der Waals surface area contributed by atoms with Gasteiger partial charge in [0.15, 0.2) is 0 Å². The van der Waals surface area contributed by atoms with Crippen LogP contribution < -0.4 is 10.1 Å². The number of ether oxygens (including phenoxy) is 1. The minimum absolute atomic E-state index is 0.0262. The summed E-state index contributed by atoms with van der Waals surface area (Å²) in [6, 6.07) is 9.98. The van der Waals surface area contributed by atoms with Crippen LogP contribution in [0.15, 0.2) is 30.3 Å². The van der Waals surface area contributed by atoms with E-state index in [1.807, 2.05) is 24.8 Å². The van der Waals surface area contributed by atoms with Gasteiger partial charge in [-0.25, -0.2) is 14.5 Å². The van der Waals surface area contributed by atoms with Crippen LogP contribution in [0.2, 0.25) is 0 Å². The van der Waals surface area contributed by atoms with Crippen molar-refractivity contribution in [2.45, 2.75) is 58.5 Å². The molecule has 1 aliphatic heterocycles. The molecule has 1 N–H and O–H groups in total. The van der Waals surface area contributed by atoms with Crippen LogP contribution in [0.25, 0.3) is 10.4 Å². The molecule has 3 heterocycles. The molecule has 188 valence electrons. The highest BCUT2D eigenvalue weighted by Gasteiger charge is 2.54. The Morgan fingerprint density at radius 3 is 2.81 bits per heavy atom. The lowest BCUT2D eigenvalue weighted by Gasteiger charge is -2.27. The van der Waals surface area contributed by atoms with Crippen LogP contribution in [0.3, 0.4) is 0 Å². The average molecular weight is 506 g/mol. The van der Waals surface area contributed by atoms with E-state index in [0.717, 1.165) is 52.5 Å². The van der Waals surface area contributed by atoms with Gasteiger partial charge in [0, 0.05) is 31.6 Å². The highest BCUT2D eigenvalue weighted by atomic mass is 32.1. The van der Waals surface area contributed by atoms with Crippen LogP contribution in [-0.4, -0.2) is 50.8 Å². The second-order valence-electron chi connectivity index (χ2n) is 10.3. The zero-order chi connectivity index (χ0) is 25.0. The quantitative estimate of drug-likeness (QED) is 0.500. The Bertz CT molecular complexity index is 1330. The molecule has 3 aromatic rings. The fourth-order valence-electron chi connectivity index (χ4n) is 5.32. The molecule has 2 aromatic heterocycles. The van der Waals surface area contributed by atoms with Crippen molar-refractivity contribution in [1.29, 1.82) is 0 Å². The number of aromatic nitrogens is 3. The Hall–Kier alpha value is -3.20. The van der Waals surface area contributed by atoms with Gasteiger partial charge in [-0.1, -0.05) is 29.8 Å². The molecular formula is C27H31N5O3S. The van der Waals surface area contributed by atoms with Gasteiger partial charge in [-0.15, -0.1) is 11.3 Å². The van der Waals surface area contributed by atoms with Gasteiger partial charge in [0.25, 0.3) is 5.91 Å². The summed E-state index contributed by atoms with van der Waals surface area (Å²) in [7, 11) is 0. The first-order chi connectivity index (χ1) is 17.4. The predicted molar refractivity (Wildman–Crippen MR) is 137 cm³/mol. The van der Waals surface area contributed by atoms with Gasteiger partial charge in [0.2, 0.25) is 5.88 Å². The van der Waals surface area contributed by atoms with Crippen molar-refractivity contribution >= 4 is 23.3 Å². The SMILES string of the molecule is CCn1nc(C)cc1OC(=O)NC[C@@H]1[C@H]2C[C@H]2CN1C(=O)c1nc(C2CC2)sc1-c1cccc(C)c1. The Balaban J connectivity index is 1.20. The van der Waals surface area contributed by atoms with Crippen LogP contribution in [-0.2, 0) is 6.54 Å². The number of hydrogen-bond acceptors (Lipinski definition) is 6. The van der Waals surface area contributed by atoms with Gasteiger partial charge in [-0.3, -0.25) is 4.79 Å². The first-order valence-electron chi connectivity index (χ1n) is 12.8. The number of hydrogen-bond donors (Lipinski definition) is 1. The first-order valence-corrected chi connectivity index (χ1v) is 13.6. The summed E-state index contributed by atoms with van der Waals surface area (Å²) < 4.78 is 7.16. The maximum atomic E-state index is 13.9. The van der Waals surface area contributed by atoms with E-state index >= 15 is 0 Å². The number of thiazole rings is 1. The molecule has 0 unspecified atom stereocenters. The molecule has 6 rings (SSSR count). The molecule has 2 amide bonds. The molecular weight excluding hydrogens is 474 g/mol. The second-order valence-corrected chi connectivity index (χ2v) is 11.3. The number of piperidine rings is 1. The summed E-state index contributed by atoms with van der Waals surface area (Å²) in [5.74, 6) is 1.81. The Labute approximate surface area is 214 Å². The van der Waals surface area contributed by atoms with Gasteiger partial charge in [0.05, 0.1) is 21.6 Å². The lowest BCUT2D eigenvalue weighted by molar-refractivity contribution is 0.0699. The third kappa shape index (κ3) is 4.40. The number of amides is 2. The van der Waals surface area contributed by atoms with Crippen molar-refractivity contribution in [3.8, 4) is 16.3 Å². The normalized spacial score (nSPS) is 22.4. The average Bonchev–Trinajstić information content (AvgIpc) is 3.74. The number of nitrogens with zero attached hydrogens (tertiary/aromatic N) is 4. The summed E-state index contributed by atoms with van der Waals surface area (Å²) >= 11 is 1.66. The van der Waals surface area contributed by atoms with E-state index in [1.54, 1.807) is 22.1 Å². The molecule has 1 aromatic carbocycles. The largest absolute Gasteiger partial charge is 0.414 e. The molecule has 3 atom stereocenters. The van der Waals surface area contributed by atoms with Crippen molar-refractivity contribution in [2.24, 2.45) is 11.8 Å². The van der Waals surface area contributed by atoms with Crippen molar-refractivity contribution < 1.29 is 14.3 Å². The standard InChI is InChI=1S/C27H31N5O3S/c1-4-32-22(11-16(3)30-32)35-27(34)28-13-21-20-12-19(20)14-31(21)26(33)23-24(18-7-5-6-15(2)10-18)36-25(29-23)17-8-9-17/h5-7,10-11,17,19-21H,4,8-9,12-14H2,1-3H3,(H,28,34)/t19-,20-,21+/m0/s1. The maximum Gasteiger partial charge on any atom is 0.414 e. The monoisotopic (exact) mass is 505 g/mol. The van der Waals surface area contributed by atoms with Crippen LogP contribution in [0.5, 0.6) is 5.88 Å². The number of benzene rings is 1. The van der Waals surface area contributed by atoms with Crippen molar-refractivity contribution in [2.75, 3.05) is 13.1 Å². The fraction of sp³-hybridized carbons (Fsp3) is 0.481. The Morgan fingerprint density at radius 1 is 1.22 bits per heavy atom. The highest BCUT2D eigenvalue weighted by molar-refractivity contribution is 7.15. The Morgan fingerprint density at radius 2 is 2.06 bits per heavy atom. The summed E-state index contributed by atoms with van der Waals surface area (Å²) in [6.07, 6.45) is 2.87. The fourth-order valence-corrected chi connectivity index (χ4v) is 6.54. The van der Waals surface area contributed by atoms with E-state index < -0.39 is 6.09 Å². The summed E-state index contributed by atoms with van der Waals surface area (Å²) in [5, 5.41) is 8.29. The summed E-state index contributed by atoms with van der Waals surface area (Å²) in [6.45, 7) is 7.58. The molecule has 36 heavy (non-hydrogen) atoms. The maximum absolute atomic E-state index is 13.9. The van der Waals surface area contributed by atoms with Crippen LogP contribution in [0.1, 0.15) is 58.9 Å². The number of likely N-dealkylation sites (tertiary alicyclic amines) is 1. The van der Waals surface area contributed by atoms with Gasteiger partial charge < -0.3 is 15.0 Å². The van der Waals surface area contributed by atoms with Crippen molar-refractivity contribution in [1.82, 2.24) is 25.0 Å². The molecule has 9 heteroatoms.